The molecule has 0 spiro atoms. The van der Waals surface area contributed by atoms with Gasteiger partial charge in [0.05, 0.1) is 12.0 Å². The van der Waals surface area contributed by atoms with Crippen molar-refractivity contribution in [3.63, 3.8) is 0 Å². The highest BCUT2D eigenvalue weighted by Crippen LogP contribution is 2.31. The van der Waals surface area contributed by atoms with Crippen molar-refractivity contribution in [2.45, 2.75) is 49.1 Å². The Kier molecular flexibility index (Phi) is 4.72. The number of rotatable bonds is 5. The molecule has 3 rings (SSSR count). The van der Waals surface area contributed by atoms with Gasteiger partial charge in [-0.25, -0.2) is 4.68 Å². The summed E-state index contributed by atoms with van der Waals surface area (Å²) in [4.78, 5) is 10.7. The van der Waals surface area contributed by atoms with Gasteiger partial charge in [-0.15, -0.1) is 5.10 Å². The van der Waals surface area contributed by atoms with Crippen LogP contribution >= 0.6 is 11.8 Å². The van der Waals surface area contributed by atoms with Crippen molar-refractivity contribution in [3.8, 4) is 0 Å². The molecule has 1 aliphatic carbocycles. The van der Waals surface area contributed by atoms with Crippen LogP contribution < -0.4 is 5.11 Å². The first-order valence-corrected chi connectivity index (χ1v) is 8.43. The largest absolute Gasteiger partial charge is 0.545 e. The summed E-state index contributed by atoms with van der Waals surface area (Å²) in [6.45, 7) is 0. The topological polar surface area (TPSA) is 83.7 Å². The van der Waals surface area contributed by atoms with Gasteiger partial charge in [-0.2, -0.15) is 0 Å². The summed E-state index contributed by atoms with van der Waals surface area (Å²) >= 11 is 1.58. The number of tetrazole rings is 1. The highest BCUT2D eigenvalue weighted by molar-refractivity contribution is 7.98. The molecular weight excluding hydrogens is 300 g/mol. The number of carbonyl (C=O) groups excluding carboxylic acids is 1. The molecule has 7 heteroatoms. The van der Waals surface area contributed by atoms with E-state index in [1.165, 1.54) is 19.3 Å². The molecule has 0 amide bonds. The molecule has 1 aromatic heterocycles. The van der Waals surface area contributed by atoms with Crippen LogP contribution in [0.2, 0.25) is 0 Å². The van der Waals surface area contributed by atoms with E-state index in [0.29, 0.717) is 11.8 Å². The molecule has 0 saturated heterocycles. The Morgan fingerprint density at radius 1 is 1.23 bits per heavy atom. The van der Waals surface area contributed by atoms with Crippen LogP contribution in [0.3, 0.4) is 0 Å². The van der Waals surface area contributed by atoms with E-state index >= 15 is 0 Å². The first-order chi connectivity index (χ1) is 10.7. The van der Waals surface area contributed by atoms with E-state index in [1.54, 1.807) is 36.0 Å². The van der Waals surface area contributed by atoms with E-state index in [-0.39, 0.29) is 5.56 Å². The fourth-order valence-corrected chi connectivity index (χ4v) is 3.62. The van der Waals surface area contributed by atoms with Gasteiger partial charge in [0.15, 0.2) is 0 Å². The lowest BCUT2D eigenvalue weighted by molar-refractivity contribution is -0.255. The number of aromatic carboxylic acids is 1. The Morgan fingerprint density at radius 2 is 1.95 bits per heavy atom. The van der Waals surface area contributed by atoms with Gasteiger partial charge < -0.3 is 9.90 Å². The van der Waals surface area contributed by atoms with Gasteiger partial charge in [0, 0.05) is 5.75 Å². The Bertz CT molecular complexity index is 635. The molecule has 0 bridgehead atoms. The predicted octanol–water partition coefficient (Wildman–Crippen LogP) is 1.83. The van der Waals surface area contributed by atoms with E-state index in [4.69, 9.17) is 0 Å². The molecule has 0 aliphatic heterocycles. The van der Waals surface area contributed by atoms with Crippen LogP contribution in [0.4, 0.5) is 0 Å². The van der Waals surface area contributed by atoms with Crippen LogP contribution in [-0.2, 0) is 5.75 Å². The Hall–Kier alpha value is -1.89. The van der Waals surface area contributed by atoms with Crippen molar-refractivity contribution in [3.05, 3.63) is 35.4 Å². The summed E-state index contributed by atoms with van der Waals surface area (Å²) in [5, 5.41) is 23.6. The van der Waals surface area contributed by atoms with Gasteiger partial charge >= 0.3 is 0 Å². The number of benzene rings is 1. The number of carbonyl (C=O) groups is 1. The molecule has 1 aliphatic rings. The summed E-state index contributed by atoms with van der Waals surface area (Å²) in [5.74, 6) is -0.444. The zero-order valence-electron chi connectivity index (χ0n) is 12.1. The number of carboxylic acids is 1. The lowest BCUT2D eigenvalue weighted by Gasteiger charge is -2.21. The van der Waals surface area contributed by atoms with Gasteiger partial charge in [0.2, 0.25) is 5.16 Å². The van der Waals surface area contributed by atoms with Crippen molar-refractivity contribution in [2.75, 3.05) is 0 Å². The normalized spacial score (nSPS) is 15.8. The highest BCUT2D eigenvalue weighted by atomic mass is 32.2. The van der Waals surface area contributed by atoms with Crippen LogP contribution in [0, 0.1) is 0 Å². The predicted molar refractivity (Wildman–Crippen MR) is 80.3 cm³/mol. The van der Waals surface area contributed by atoms with Crippen molar-refractivity contribution in [1.29, 1.82) is 0 Å². The summed E-state index contributed by atoms with van der Waals surface area (Å²) in [5.41, 5.74) is 1.23. The molecular formula is C15H17N4O2S-. The standard InChI is InChI=1S/C15H18N4O2S/c20-14(21)12-8-6-11(7-9-12)10-22-15-16-17-18-19(15)13-4-2-1-3-5-13/h6-9,13H,1-5,10H2,(H,20,21)/p-1. The third-order valence-electron chi connectivity index (χ3n) is 3.94. The second-order valence-corrected chi connectivity index (χ2v) is 6.41. The first-order valence-electron chi connectivity index (χ1n) is 7.45. The van der Waals surface area contributed by atoms with E-state index in [0.717, 1.165) is 23.6 Å². The van der Waals surface area contributed by atoms with Crippen molar-refractivity contribution in [2.24, 2.45) is 0 Å². The molecule has 0 radical (unpaired) electrons. The minimum atomic E-state index is -1.15. The van der Waals surface area contributed by atoms with E-state index in [9.17, 15) is 9.90 Å². The Balaban J connectivity index is 1.64. The lowest BCUT2D eigenvalue weighted by Crippen LogP contribution is -2.21. The second-order valence-electron chi connectivity index (χ2n) is 5.47. The number of hydrogen-bond acceptors (Lipinski definition) is 6. The monoisotopic (exact) mass is 317 g/mol. The molecule has 2 aromatic rings. The summed E-state index contributed by atoms with van der Waals surface area (Å²) in [6.07, 6.45) is 6.04. The van der Waals surface area contributed by atoms with Gasteiger partial charge in [0.25, 0.3) is 0 Å². The molecule has 1 fully saturated rings. The van der Waals surface area contributed by atoms with Crippen LogP contribution in [-0.4, -0.2) is 26.2 Å². The van der Waals surface area contributed by atoms with Crippen LogP contribution in [0.1, 0.15) is 54.1 Å². The zero-order valence-corrected chi connectivity index (χ0v) is 13.0. The Labute approximate surface area is 132 Å². The van der Waals surface area contributed by atoms with Gasteiger partial charge in [-0.1, -0.05) is 55.3 Å². The fourth-order valence-electron chi connectivity index (χ4n) is 2.72. The maximum absolute atomic E-state index is 10.7. The second kappa shape index (κ2) is 6.91. The SMILES string of the molecule is O=C([O-])c1ccc(CSc2nnnn2C2CCCCC2)cc1. The van der Waals surface area contributed by atoms with E-state index in [1.807, 2.05) is 4.68 Å². The summed E-state index contributed by atoms with van der Waals surface area (Å²) < 4.78 is 1.94. The van der Waals surface area contributed by atoms with Gasteiger partial charge in [-0.3, -0.25) is 0 Å². The molecule has 0 N–H and O–H groups in total. The van der Waals surface area contributed by atoms with Crippen molar-refractivity contribution < 1.29 is 9.90 Å². The molecule has 22 heavy (non-hydrogen) atoms. The van der Waals surface area contributed by atoms with Crippen LogP contribution in [0.25, 0.3) is 0 Å². The minimum absolute atomic E-state index is 0.195. The quantitative estimate of drug-likeness (QED) is 0.782. The molecule has 0 atom stereocenters. The maximum Gasteiger partial charge on any atom is 0.209 e. The van der Waals surface area contributed by atoms with Crippen molar-refractivity contribution >= 4 is 17.7 Å². The fraction of sp³-hybridized carbons (Fsp3) is 0.467. The molecule has 6 nitrogen and oxygen atoms in total. The average Bonchev–Trinajstić information content (AvgIpc) is 3.02. The van der Waals surface area contributed by atoms with Gasteiger partial charge in [-0.05, 0) is 34.4 Å². The third kappa shape index (κ3) is 3.47. The number of thioether (sulfide) groups is 1. The summed E-state index contributed by atoms with van der Waals surface area (Å²) in [6, 6.07) is 7.14. The minimum Gasteiger partial charge on any atom is -0.545 e. The first kappa shape index (κ1) is 15.0. The zero-order chi connectivity index (χ0) is 15.4. The third-order valence-corrected chi connectivity index (χ3v) is 4.95. The number of carboxylic acid groups (broad SMARTS) is 1. The van der Waals surface area contributed by atoms with Crippen LogP contribution in [0.15, 0.2) is 29.4 Å². The van der Waals surface area contributed by atoms with Crippen LogP contribution in [0.5, 0.6) is 0 Å². The molecule has 1 saturated carbocycles. The van der Waals surface area contributed by atoms with Gasteiger partial charge in [0.1, 0.15) is 0 Å². The summed E-state index contributed by atoms with van der Waals surface area (Å²) in [7, 11) is 0. The molecule has 0 unspecified atom stereocenters. The highest BCUT2D eigenvalue weighted by Gasteiger charge is 2.20. The van der Waals surface area contributed by atoms with E-state index < -0.39 is 5.97 Å². The van der Waals surface area contributed by atoms with E-state index in [2.05, 4.69) is 15.5 Å². The molecule has 1 aromatic carbocycles. The maximum atomic E-state index is 10.7. The lowest BCUT2D eigenvalue weighted by atomic mass is 9.96. The average molecular weight is 317 g/mol. The van der Waals surface area contributed by atoms with Crippen molar-refractivity contribution in [1.82, 2.24) is 20.2 Å². The smallest absolute Gasteiger partial charge is 0.209 e. The Morgan fingerprint density at radius 3 is 2.64 bits per heavy atom. The molecule has 1 heterocycles. The number of aromatic nitrogens is 4. The number of hydrogen-bond donors (Lipinski definition) is 0. The number of nitrogens with zero attached hydrogens (tertiary/aromatic N) is 4. The molecule has 116 valence electrons.